The molecule has 5 nitrogen and oxygen atoms in total. The van der Waals surface area contributed by atoms with Crippen molar-refractivity contribution in [2.24, 2.45) is 5.92 Å². The number of hydrogen-bond acceptors (Lipinski definition) is 3. The highest BCUT2D eigenvalue weighted by molar-refractivity contribution is 7.87. The highest BCUT2D eigenvalue weighted by Crippen LogP contribution is 2.04. The molecule has 0 aromatic rings. The predicted molar refractivity (Wildman–Crippen MR) is 60.7 cm³/mol. The van der Waals surface area contributed by atoms with E-state index in [1.165, 1.54) is 11.4 Å². The molecule has 0 amide bonds. The van der Waals surface area contributed by atoms with E-state index in [1.54, 1.807) is 6.92 Å². The van der Waals surface area contributed by atoms with Gasteiger partial charge in [-0.2, -0.15) is 17.4 Å². The quantitative estimate of drug-likeness (QED) is 0.665. The lowest BCUT2D eigenvalue weighted by Gasteiger charge is -2.18. The van der Waals surface area contributed by atoms with Crippen molar-refractivity contribution in [3.63, 3.8) is 0 Å². The van der Waals surface area contributed by atoms with Gasteiger partial charge in [0.25, 0.3) is 10.2 Å². The normalized spacial score (nSPS) is 14.9. The van der Waals surface area contributed by atoms with Crippen LogP contribution in [0, 0.1) is 5.92 Å². The van der Waals surface area contributed by atoms with E-state index in [9.17, 15) is 13.5 Å². The average molecular weight is 238 g/mol. The molecule has 1 atom stereocenters. The molecule has 0 heterocycles. The van der Waals surface area contributed by atoms with Gasteiger partial charge in [-0.1, -0.05) is 20.8 Å². The molecular formula is C9H22N2O3S. The summed E-state index contributed by atoms with van der Waals surface area (Å²) in [4.78, 5) is 0. The molecule has 0 fully saturated rings. The van der Waals surface area contributed by atoms with Gasteiger partial charge in [0.15, 0.2) is 0 Å². The molecule has 0 aliphatic carbocycles. The standard InChI is InChI=1S/C9H22N2O3S/c1-5-11(4)15(13,14)10-7-9(12)6-8(2)3/h8-10,12H,5-7H2,1-4H3. The second kappa shape index (κ2) is 6.42. The first-order chi connectivity index (χ1) is 6.79. The van der Waals surface area contributed by atoms with Gasteiger partial charge in [-0.25, -0.2) is 0 Å². The third-order valence-corrected chi connectivity index (χ3v) is 3.71. The monoisotopic (exact) mass is 238 g/mol. The summed E-state index contributed by atoms with van der Waals surface area (Å²) in [6.45, 7) is 6.20. The fourth-order valence-electron chi connectivity index (χ4n) is 1.11. The molecule has 6 heteroatoms. The van der Waals surface area contributed by atoms with Crippen molar-refractivity contribution in [1.29, 1.82) is 0 Å². The van der Waals surface area contributed by atoms with Crippen LogP contribution in [0.3, 0.4) is 0 Å². The van der Waals surface area contributed by atoms with Gasteiger partial charge in [0.1, 0.15) is 0 Å². The van der Waals surface area contributed by atoms with E-state index in [-0.39, 0.29) is 6.54 Å². The van der Waals surface area contributed by atoms with Crippen molar-refractivity contribution in [2.75, 3.05) is 20.1 Å². The van der Waals surface area contributed by atoms with Gasteiger partial charge in [-0.15, -0.1) is 0 Å². The number of aliphatic hydroxyl groups excluding tert-OH is 1. The van der Waals surface area contributed by atoms with Crippen molar-refractivity contribution in [3.05, 3.63) is 0 Å². The van der Waals surface area contributed by atoms with Gasteiger partial charge < -0.3 is 5.11 Å². The average Bonchev–Trinajstić information content (AvgIpc) is 2.12. The van der Waals surface area contributed by atoms with E-state index >= 15 is 0 Å². The summed E-state index contributed by atoms with van der Waals surface area (Å²) in [5.41, 5.74) is 0. The van der Waals surface area contributed by atoms with E-state index in [2.05, 4.69) is 4.72 Å². The fourth-order valence-corrected chi connectivity index (χ4v) is 2.07. The minimum atomic E-state index is -3.42. The van der Waals surface area contributed by atoms with Gasteiger partial charge in [0, 0.05) is 20.1 Å². The lowest BCUT2D eigenvalue weighted by atomic mass is 10.1. The van der Waals surface area contributed by atoms with Gasteiger partial charge in [-0.05, 0) is 12.3 Å². The minimum absolute atomic E-state index is 0.0743. The summed E-state index contributed by atoms with van der Waals surface area (Å²) >= 11 is 0. The Morgan fingerprint density at radius 2 is 1.93 bits per heavy atom. The van der Waals surface area contributed by atoms with E-state index in [0.717, 1.165) is 0 Å². The Hall–Kier alpha value is -0.170. The van der Waals surface area contributed by atoms with Gasteiger partial charge in [-0.3, -0.25) is 0 Å². The highest BCUT2D eigenvalue weighted by Gasteiger charge is 2.17. The highest BCUT2D eigenvalue weighted by atomic mass is 32.2. The first-order valence-corrected chi connectivity index (χ1v) is 6.62. The van der Waals surface area contributed by atoms with Crippen LogP contribution in [0.15, 0.2) is 0 Å². The maximum Gasteiger partial charge on any atom is 0.279 e. The Kier molecular flexibility index (Phi) is 6.35. The van der Waals surface area contributed by atoms with E-state index in [0.29, 0.717) is 18.9 Å². The van der Waals surface area contributed by atoms with Crippen molar-refractivity contribution < 1.29 is 13.5 Å². The summed E-state index contributed by atoms with van der Waals surface area (Å²) in [6.07, 6.45) is -0.0247. The zero-order valence-electron chi connectivity index (χ0n) is 9.90. The zero-order valence-corrected chi connectivity index (χ0v) is 10.7. The van der Waals surface area contributed by atoms with Crippen LogP contribution >= 0.6 is 0 Å². The Morgan fingerprint density at radius 3 is 2.33 bits per heavy atom. The third-order valence-electron chi connectivity index (χ3n) is 2.10. The van der Waals surface area contributed by atoms with Crippen LogP contribution in [0.1, 0.15) is 27.2 Å². The van der Waals surface area contributed by atoms with Gasteiger partial charge in [0.05, 0.1) is 6.10 Å². The molecular weight excluding hydrogens is 216 g/mol. The first kappa shape index (κ1) is 14.8. The van der Waals surface area contributed by atoms with Crippen molar-refractivity contribution in [1.82, 2.24) is 9.03 Å². The molecule has 0 saturated heterocycles. The van der Waals surface area contributed by atoms with Crippen LogP contribution in [-0.2, 0) is 10.2 Å². The molecule has 0 aliphatic rings. The van der Waals surface area contributed by atoms with Crippen LogP contribution in [0.5, 0.6) is 0 Å². The summed E-state index contributed by atoms with van der Waals surface area (Å²) < 4.78 is 26.5. The fraction of sp³-hybridized carbons (Fsp3) is 1.00. The predicted octanol–water partition coefficient (Wildman–Crippen LogP) is 0.179. The molecule has 0 rings (SSSR count). The summed E-state index contributed by atoms with van der Waals surface area (Å²) in [5, 5.41) is 9.49. The molecule has 0 radical (unpaired) electrons. The molecule has 1 unspecified atom stereocenters. The SMILES string of the molecule is CCN(C)S(=O)(=O)NCC(O)CC(C)C. The number of nitrogens with zero attached hydrogens (tertiary/aromatic N) is 1. The lowest BCUT2D eigenvalue weighted by Crippen LogP contribution is -2.41. The largest absolute Gasteiger partial charge is 0.392 e. The van der Waals surface area contributed by atoms with Gasteiger partial charge in [0.2, 0.25) is 0 Å². The minimum Gasteiger partial charge on any atom is -0.392 e. The van der Waals surface area contributed by atoms with Crippen molar-refractivity contribution >= 4 is 10.2 Å². The second-order valence-corrected chi connectivity index (χ2v) is 5.91. The van der Waals surface area contributed by atoms with Crippen LogP contribution in [0.2, 0.25) is 0 Å². The number of rotatable bonds is 7. The molecule has 0 bridgehead atoms. The Balaban J connectivity index is 4.04. The summed E-state index contributed by atoms with van der Waals surface area (Å²) in [5.74, 6) is 0.355. The lowest BCUT2D eigenvalue weighted by molar-refractivity contribution is 0.152. The molecule has 0 saturated carbocycles. The smallest absolute Gasteiger partial charge is 0.279 e. The number of hydrogen-bond donors (Lipinski definition) is 2. The Labute approximate surface area is 92.7 Å². The molecule has 0 aliphatic heterocycles. The molecule has 0 aromatic heterocycles. The van der Waals surface area contributed by atoms with Crippen LogP contribution in [0.25, 0.3) is 0 Å². The Morgan fingerprint density at radius 1 is 1.40 bits per heavy atom. The van der Waals surface area contributed by atoms with Crippen LogP contribution in [-0.4, -0.2) is 44.1 Å². The topological polar surface area (TPSA) is 69.6 Å². The number of aliphatic hydroxyl groups is 1. The molecule has 92 valence electrons. The first-order valence-electron chi connectivity index (χ1n) is 5.18. The summed E-state index contributed by atoms with van der Waals surface area (Å²) in [6, 6.07) is 0. The van der Waals surface area contributed by atoms with E-state index < -0.39 is 16.3 Å². The molecule has 0 aromatic carbocycles. The maximum absolute atomic E-state index is 11.5. The van der Waals surface area contributed by atoms with Crippen molar-refractivity contribution in [2.45, 2.75) is 33.3 Å². The van der Waals surface area contributed by atoms with Crippen molar-refractivity contribution in [3.8, 4) is 0 Å². The zero-order chi connectivity index (χ0) is 12.1. The Bertz CT molecular complexity index is 265. The second-order valence-electron chi connectivity index (χ2n) is 4.05. The van der Waals surface area contributed by atoms with Crippen LogP contribution in [0.4, 0.5) is 0 Å². The molecule has 2 N–H and O–H groups in total. The van der Waals surface area contributed by atoms with Crippen LogP contribution < -0.4 is 4.72 Å². The maximum atomic E-state index is 11.5. The molecule has 15 heavy (non-hydrogen) atoms. The van der Waals surface area contributed by atoms with E-state index in [1.807, 2.05) is 13.8 Å². The molecule has 0 spiro atoms. The third kappa shape index (κ3) is 6.09. The van der Waals surface area contributed by atoms with Gasteiger partial charge >= 0.3 is 0 Å². The summed E-state index contributed by atoms with van der Waals surface area (Å²) in [7, 11) is -1.92. The number of nitrogens with one attached hydrogen (secondary N) is 1. The van der Waals surface area contributed by atoms with E-state index in [4.69, 9.17) is 0 Å².